The number of hydrogen-bond donors (Lipinski definition) is 1. The van der Waals surface area contributed by atoms with Crippen LogP contribution in [0.15, 0.2) is 16.8 Å². The summed E-state index contributed by atoms with van der Waals surface area (Å²) in [6, 6.07) is 1.94. The van der Waals surface area contributed by atoms with Crippen LogP contribution in [0.3, 0.4) is 0 Å². The lowest BCUT2D eigenvalue weighted by Crippen LogP contribution is -2.39. The van der Waals surface area contributed by atoms with Gasteiger partial charge in [0.2, 0.25) is 0 Å². The average molecular weight is 297 g/mol. The van der Waals surface area contributed by atoms with Gasteiger partial charge in [0.15, 0.2) is 0 Å². The molecule has 1 aliphatic heterocycles. The van der Waals surface area contributed by atoms with E-state index >= 15 is 0 Å². The van der Waals surface area contributed by atoms with Crippen LogP contribution in [0.25, 0.3) is 11.1 Å². The van der Waals surface area contributed by atoms with Gasteiger partial charge in [0.1, 0.15) is 0 Å². The minimum absolute atomic E-state index is 0. The van der Waals surface area contributed by atoms with Crippen molar-refractivity contribution in [3.8, 4) is 0 Å². The predicted octanol–water partition coefficient (Wildman–Crippen LogP) is 1.52. The molecule has 0 aliphatic carbocycles. The molecule has 3 rings (SSSR count). The number of nitrogens with two attached hydrogens (primary N) is 1. The standard InChI is InChI=1S/C13H16N4O2.ClH/c1-8-11-5-9(7-15-12(11)19-16-8)13(18)17-4-2-3-10(17)6-14;/h5,7,10H,2-4,6,14H2,1H3;1H. The smallest absolute Gasteiger partial charge is 0.257 e. The van der Waals surface area contributed by atoms with Gasteiger partial charge >= 0.3 is 0 Å². The molecular formula is C13H17ClN4O2. The highest BCUT2D eigenvalue weighted by atomic mass is 35.5. The number of fused-ring (bicyclic) bond motifs is 1. The molecule has 7 heteroatoms. The molecule has 3 heterocycles. The van der Waals surface area contributed by atoms with Gasteiger partial charge in [-0.25, -0.2) is 4.98 Å². The van der Waals surface area contributed by atoms with Crippen molar-refractivity contribution in [2.45, 2.75) is 25.8 Å². The molecule has 2 N–H and O–H groups in total. The van der Waals surface area contributed by atoms with Gasteiger partial charge < -0.3 is 15.2 Å². The third-order valence-electron chi connectivity index (χ3n) is 3.67. The van der Waals surface area contributed by atoms with Crippen LogP contribution < -0.4 is 5.73 Å². The fourth-order valence-electron chi connectivity index (χ4n) is 2.58. The summed E-state index contributed by atoms with van der Waals surface area (Å²) in [5.41, 5.74) is 7.48. The third-order valence-corrected chi connectivity index (χ3v) is 3.67. The van der Waals surface area contributed by atoms with Crippen LogP contribution in [0.5, 0.6) is 0 Å². The molecule has 2 aromatic heterocycles. The molecule has 20 heavy (non-hydrogen) atoms. The molecular weight excluding hydrogens is 280 g/mol. The Morgan fingerprint density at radius 1 is 1.60 bits per heavy atom. The Morgan fingerprint density at radius 2 is 2.40 bits per heavy atom. The zero-order chi connectivity index (χ0) is 13.4. The first-order valence-corrected chi connectivity index (χ1v) is 6.44. The summed E-state index contributed by atoms with van der Waals surface area (Å²) in [5, 5.41) is 4.63. The summed E-state index contributed by atoms with van der Waals surface area (Å²) in [5.74, 6) is -0.0112. The molecule has 0 bridgehead atoms. The highest BCUT2D eigenvalue weighted by Gasteiger charge is 2.28. The lowest BCUT2D eigenvalue weighted by molar-refractivity contribution is 0.0741. The minimum atomic E-state index is -0.0112. The topological polar surface area (TPSA) is 85.2 Å². The molecule has 1 aliphatic rings. The van der Waals surface area contributed by atoms with E-state index in [1.807, 2.05) is 11.8 Å². The maximum atomic E-state index is 12.5. The van der Waals surface area contributed by atoms with E-state index in [1.165, 1.54) is 0 Å². The molecule has 0 spiro atoms. The van der Waals surface area contributed by atoms with E-state index in [2.05, 4.69) is 10.1 Å². The molecule has 1 amide bonds. The van der Waals surface area contributed by atoms with Crippen LogP contribution in [-0.4, -0.2) is 40.1 Å². The van der Waals surface area contributed by atoms with E-state index in [0.29, 0.717) is 17.8 Å². The number of rotatable bonds is 2. The van der Waals surface area contributed by atoms with Gasteiger partial charge in [-0.3, -0.25) is 4.79 Å². The summed E-state index contributed by atoms with van der Waals surface area (Å²) in [6.45, 7) is 3.11. The maximum Gasteiger partial charge on any atom is 0.257 e. The lowest BCUT2D eigenvalue weighted by Gasteiger charge is -2.23. The molecule has 1 fully saturated rings. The summed E-state index contributed by atoms with van der Waals surface area (Å²) in [6.07, 6.45) is 3.53. The number of likely N-dealkylation sites (tertiary alicyclic amines) is 1. The second-order valence-corrected chi connectivity index (χ2v) is 4.87. The Kier molecular flexibility index (Phi) is 4.25. The number of aromatic nitrogens is 2. The Hall–Kier alpha value is -1.66. The van der Waals surface area contributed by atoms with Gasteiger partial charge in [-0.05, 0) is 25.8 Å². The molecule has 108 valence electrons. The van der Waals surface area contributed by atoms with E-state index in [9.17, 15) is 4.79 Å². The number of nitrogens with zero attached hydrogens (tertiary/aromatic N) is 3. The van der Waals surface area contributed by atoms with Crippen LogP contribution in [0.4, 0.5) is 0 Å². The van der Waals surface area contributed by atoms with Crippen LogP contribution >= 0.6 is 12.4 Å². The van der Waals surface area contributed by atoms with Crippen LogP contribution in [0, 0.1) is 6.92 Å². The molecule has 0 aromatic carbocycles. The Morgan fingerprint density at radius 3 is 3.15 bits per heavy atom. The first-order valence-electron chi connectivity index (χ1n) is 6.44. The summed E-state index contributed by atoms with van der Waals surface area (Å²) in [4.78, 5) is 18.4. The Bertz CT molecular complexity index is 628. The van der Waals surface area contributed by atoms with E-state index in [1.54, 1.807) is 12.3 Å². The van der Waals surface area contributed by atoms with Crippen LogP contribution in [0.2, 0.25) is 0 Å². The number of halogens is 1. The van der Waals surface area contributed by atoms with Crippen molar-refractivity contribution in [2.24, 2.45) is 5.73 Å². The van der Waals surface area contributed by atoms with E-state index in [-0.39, 0.29) is 24.4 Å². The number of carbonyl (C=O) groups is 1. The molecule has 6 nitrogen and oxygen atoms in total. The average Bonchev–Trinajstić information content (AvgIpc) is 3.04. The number of carbonyl (C=O) groups excluding carboxylic acids is 1. The monoisotopic (exact) mass is 296 g/mol. The van der Waals surface area contributed by atoms with Gasteiger partial charge in [0, 0.05) is 25.3 Å². The van der Waals surface area contributed by atoms with Crippen molar-refractivity contribution in [3.63, 3.8) is 0 Å². The fraction of sp³-hybridized carbons (Fsp3) is 0.462. The normalized spacial score (nSPS) is 18.3. The van der Waals surface area contributed by atoms with Crippen LogP contribution in [-0.2, 0) is 0 Å². The van der Waals surface area contributed by atoms with Crippen molar-refractivity contribution in [1.82, 2.24) is 15.0 Å². The van der Waals surface area contributed by atoms with Gasteiger partial charge in [-0.2, -0.15) is 0 Å². The van der Waals surface area contributed by atoms with Crippen molar-refractivity contribution in [2.75, 3.05) is 13.1 Å². The predicted molar refractivity (Wildman–Crippen MR) is 76.9 cm³/mol. The number of hydrogen-bond acceptors (Lipinski definition) is 5. The lowest BCUT2D eigenvalue weighted by atomic mass is 10.1. The van der Waals surface area contributed by atoms with Gasteiger partial charge in [-0.1, -0.05) is 5.16 Å². The molecule has 0 radical (unpaired) electrons. The maximum absolute atomic E-state index is 12.5. The Balaban J connectivity index is 0.00000147. The van der Waals surface area contributed by atoms with E-state index in [4.69, 9.17) is 10.3 Å². The van der Waals surface area contributed by atoms with Crippen LogP contribution in [0.1, 0.15) is 28.9 Å². The zero-order valence-electron chi connectivity index (χ0n) is 11.2. The molecule has 1 saturated heterocycles. The van der Waals surface area contributed by atoms with Crippen molar-refractivity contribution < 1.29 is 9.32 Å². The second kappa shape index (κ2) is 5.76. The minimum Gasteiger partial charge on any atom is -0.336 e. The SMILES string of the molecule is Cc1noc2ncc(C(=O)N3CCCC3CN)cc12.Cl. The van der Waals surface area contributed by atoms with Crippen molar-refractivity contribution >= 4 is 29.4 Å². The largest absolute Gasteiger partial charge is 0.336 e. The fourth-order valence-corrected chi connectivity index (χ4v) is 2.58. The molecule has 1 atom stereocenters. The molecule has 1 unspecified atom stereocenters. The van der Waals surface area contributed by atoms with Crippen molar-refractivity contribution in [1.29, 1.82) is 0 Å². The highest BCUT2D eigenvalue weighted by Crippen LogP contribution is 2.22. The quantitative estimate of drug-likeness (QED) is 0.908. The van der Waals surface area contributed by atoms with Crippen molar-refractivity contribution in [3.05, 3.63) is 23.5 Å². The molecule has 0 saturated carbocycles. The van der Waals surface area contributed by atoms with Gasteiger partial charge in [0.25, 0.3) is 11.6 Å². The molecule has 2 aromatic rings. The van der Waals surface area contributed by atoms with E-state index in [0.717, 1.165) is 30.5 Å². The summed E-state index contributed by atoms with van der Waals surface area (Å²) >= 11 is 0. The third kappa shape index (κ3) is 2.36. The number of aryl methyl sites for hydroxylation is 1. The summed E-state index contributed by atoms with van der Waals surface area (Å²) < 4.78 is 5.05. The second-order valence-electron chi connectivity index (χ2n) is 4.87. The highest BCUT2D eigenvalue weighted by molar-refractivity contribution is 5.97. The van der Waals surface area contributed by atoms with Gasteiger partial charge in [0.05, 0.1) is 16.6 Å². The zero-order valence-corrected chi connectivity index (χ0v) is 12.0. The number of amides is 1. The van der Waals surface area contributed by atoms with E-state index < -0.39 is 0 Å². The first-order chi connectivity index (χ1) is 9.20. The Labute approximate surface area is 122 Å². The van der Waals surface area contributed by atoms with Gasteiger partial charge in [-0.15, -0.1) is 12.4 Å². The first kappa shape index (κ1) is 14.7. The number of pyridine rings is 1. The summed E-state index contributed by atoms with van der Waals surface area (Å²) in [7, 11) is 0.